The van der Waals surface area contributed by atoms with Gasteiger partial charge in [-0.2, -0.15) is 18.4 Å². The number of benzene rings is 2. The molecule has 5 rings (SSSR count). The topological polar surface area (TPSA) is 119 Å². The second kappa shape index (κ2) is 10.6. The zero-order valence-electron chi connectivity index (χ0n) is 21.0. The average molecular weight is 558 g/mol. The van der Waals surface area contributed by atoms with Crippen molar-refractivity contribution < 1.29 is 31.9 Å². The molecule has 0 saturated carbocycles. The van der Waals surface area contributed by atoms with Gasteiger partial charge in [-0.25, -0.2) is 4.39 Å². The van der Waals surface area contributed by atoms with Gasteiger partial charge in [-0.15, -0.1) is 0 Å². The quantitative estimate of drug-likeness (QED) is 0.477. The number of hydrogen-bond donors (Lipinski definition) is 2. The third kappa shape index (κ3) is 5.22. The predicted molar refractivity (Wildman–Crippen MR) is 135 cm³/mol. The van der Waals surface area contributed by atoms with E-state index in [2.05, 4.69) is 10.3 Å². The van der Waals surface area contributed by atoms with E-state index in [0.29, 0.717) is 6.07 Å². The number of nitrogens with one attached hydrogen (secondary N) is 2. The molecule has 2 aromatic carbocycles. The molecule has 2 saturated heterocycles. The number of nitriles is 1. The normalized spacial score (nSPS) is 17.6. The fourth-order valence-electron chi connectivity index (χ4n) is 5.13. The monoisotopic (exact) mass is 557 g/mol. The SMILES string of the molecule is N#Cc1cc(C(=O)N2CCOCC2)c(N2CCC(NC(=O)c3cc(=O)[nH]c4c(F)cccc34)C2)c(C(F)(F)F)c1. The molecule has 0 spiro atoms. The number of morpholine rings is 1. The highest BCUT2D eigenvalue weighted by Gasteiger charge is 2.40. The van der Waals surface area contributed by atoms with Crippen molar-refractivity contribution in [1.82, 2.24) is 15.2 Å². The van der Waals surface area contributed by atoms with Gasteiger partial charge >= 0.3 is 6.18 Å². The van der Waals surface area contributed by atoms with E-state index in [1.54, 1.807) is 6.07 Å². The Morgan fingerprint density at radius 2 is 1.85 bits per heavy atom. The van der Waals surface area contributed by atoms with E-state index >= 15 is 0 Å². The summed E-state index contributed by atoms with van der Waals surface area (Å²) in [4.78, 5) is 43.7. The molecule has 0 aliphatic carbocycles. The Labute approximate surface area is 224 Å². The maximum absolute atomic E-state index is 14.2. The lowest BCUT2D eigenvalue weighted by Crippen LogP contribution is -2.42. The Balaban J connectivity index is 1.47. The van der Waals surface area contributed by atoms with E-state index in [1.807, 2.05) is 0 Å². The number of amides is 2. The molecule has 1 aromatic heterocycles. The number of aromatic nitrogens is 1. The molecule has 40 heavy (non-hydrogen) atoms. The van der Waals surface area contributed by atoms with Gasteiger partial charge in [0.05, 0.1) is 52.7 Å². The van der Waals surface area contributed by atoms with E-state index in [0.717, 1.165) is 18.2 Å². The van der Waals surface area contributed by atoms with Crippen LogP contribution in [-0.4, -0.2) is 67.1 Å². The molecule has 1 unspecified atom stereocenters. The third-order valence-electron chi connectivity index (χ3n) is 6.98. The van der Waals surface area contributed by atoms with Gasteiger partial charge in [0, 0.05) is 43.7 Å². The van der Waals surface area contributed by atoms with Crippen molar-refractivity contribution in [2.75, 3.05) is 44.3 Å². The highest BCUT2D eigenvalue weighted by atomic mass is 19.4. The molecule has 13 heteroatoms. The van der Waals surface area contributed by atoms with Crippen LogP contribution >= 0.6 is 0 Å². The smallest absolute Gasteiger partial charge is 0.378 e. The summed E-state index contributed by atoms with van der Waals surface area (Å²) < 4.78 is 62.2. The second-order valence-corrected chi connectivity index (χ2v) is 9.55. The number of nitrogens with zero attached hydrogens (tertiary/aromatic N) is 3. The number of carbonyl (C=O) groups is 2. The van der Waals surface area contributed by atoms with E-state index in [-0.39, 0.29) is 79.1 Å². The van der Waals surface area contributed by atoms with Gasteiger partial charge in [0.15, 0.2) is 0 Å². The van der Waals surface area contributed by atoms with Crippen LogP contribution in [0, 0.1) is 17.1 Å². The summed E-state index contributed by atoms with van der Waals surface area (Å²) in [6.45, 7) is 0.876. The number of aromatic amines is 1. The Bertz CT molecular complexity index is 1590. The van der Waals surface area contributed by atoms with Crippen molar-refractivity contribution in [3.8, 4) is 6.07 Å². The summed E-state index contributed by atoms with van der Waals surface area (Å²) in [7, 11) is 0. The zero-order valence-corrected chi connectivity index (χ0v) is 21.0. The van der Waals surface area contributed by atoms with Gasteiger partial charge < -0.3 is 24.8 Å². The molecule has 2 aliphatic rings. The highest BCUT2D eigenvalue weighted by molar-refractivity contribution is 6.06. The minimum atomic E-state index is -4.86. The van der Waals surface area contributed by atoms with Gasteiger partial charge in [-0.1, -0.05) is 12.1 Å². The predicted octanol–water partition coefficient (Wildman–Crippen LogP) is 3.04. The number of carbonyl (C=O) groups excluding carboxylic acids is 2. The Hall–Kier alpha value is -4.44. The number of anilines is 1. The molecule has 2 fully saturated rings. The first kappa shape index (κ1) is 27.1. The average Bonchev–Trinajstić information content (AvgIpc) is 3.40. The first-order valence-corrected chi connectivity index (χ1v) is 12.5. The van der Waals surface area contributed by atoms with Gasteiger partial charge in [0.2, 0.25) is 5.56 Å². The molecule has 1 atom stereocenters. The molecule has 2 aliphatic heterocycles. The van der Waals surface area contributed by atoms with Crippen LogP contribution in [0.25, 0.3) is 10.9 Å². The summed E-state index contributed by atoms with van der Waals surface area (Å²) in [6.07, 6.45) is -4.62. The van der Waals surface area contributed by atoms with E-state index in [9.17, 15) is 37.2 Å². The van der Waals surface area contributed by atoms with Crippen LogP contribution in [0.4, 0.5) is 23.2 Å². The van der Waals surface area contributed by atoms with Crippen LogP contribution in [0.3, 0.4) is 0 Å². The molecular weight excluding hydrogens is 534 g/mol. The molecule has 0 bridgehead atoms. The Kier molecular flexibility index (Phi) is 7.20. The summed E-state index contributed by atoms with van der Waals surface area (Å²) in [5.74, 6) is -2.05. The second-order valence-electron chi connectivity index (χ2n) is 9.55. The standard InChI is InChI=1S/C27H23F4N5O4/c28-21-3-1-2-17-18(12-22(37)34-23(17)21)25(38)33-16-4-5-36(14-16)24-19(26(39)35-6-8-40-9-7-35)10-15(13-32)11-20(24)27(29,30)31/h1-3,10-12,16H,4-9,14H2,(H,33,38)(H,34,37). The lowest BCUT2D eigenvalue weighted by molar-refractivity contribution is -0.137. The van der Waals surface area contributed by atoms with Crippen molar-refractivity contribution in [2.45, 2.75) is 18.6 Å². The van der Waals surface area contributed by atoms with Crippen LogP contribution < -0.4 is 15.8 Å². The Morgan fingerprint density at radius 1 is 1.10 bits per heavy atom. The number of rotatable bonds is 4. The molecule has 2 N–H and O–H groups in total. The maximum atomic E-state index is 14.2. The fraction of sp³-hybridized carbons (Fsp3) is 0.333. The van der Waals surface area contributed by atoms with E-state index < -0.39 is 41.0 Å². The van der Waals surface area contributed by atoms with Gasteiger partial charge in [0.1, 0.15) is 5.82 Å². The first-order chi connectivity index (χ1) is 19.1. The number of hydrogen-bond acceptors (Lipinski definition) is 6. The van der Waals surface area contributed by atoms with Crippen LogP contribution in [0.1, 0.15) is 38.3 Å². The van der Waals surface area contributed by atoms with E-state index in [1.165, 1.54) is 21.9 Å². The number of ether oxygens (including phenoxy) is 1. The summed E-state index contributed by atoms with van der Waals surface area (Å²) >= 11 is 0. The van der Waals surface area contributed by atoms with Gasteiger partial charge in [-0.05, 0) is 24.6 Å². The maximum Gasteiger partial charge on any atom is 0.418 e. The lowest BCUT2D eigenvalue weighted by atomic mass is 10.00. The van der Waals surface area contributed by atoms with Crippen molar-refractivity contribution in [3.63, 3.8) is 0 Å². The summed E-state index contributed by atoms with van der Waals surface area (Å²) in [5.41, 5.74) is -2.92. The third-order valence-corrected chi connectivity index (χ3v) is 6.98. The minimum absolute atomic E-state index is 0.0698. The molecule has 9 nitrogen and oxygen atoms in total. The molecule has 0 radical (unpaired) electrons. The Morgan fingerprint density at radius 3 is 2.55 bits per heavy atom. The number of H-pyrrole nitrogens is 1. The fourth-order valence-corrected chi connectivity index (χ4v) is 5.13. The van der Waals surface area contributed by atoms with Gasteiger partial charge in [0.25, 0.3) is 11.8 Å². The number of fused-ring (bicyclic) bond motifs is 1. The van der Waals surface area contributed by atoms with Crippen LogP contribution in [0.2, 0.25) is 0 Å². The van der Waals surface area contributed by atoms with Crippen molar-refractivity contribution in [3.05, 3.63) is 74.8 Å². The lowest BCUT2D eigenvalue weighted by Gasteiger charge is -2.31. The number of halogens is 4. The molecule has 3 heterocycles. The van der Waals surface area contributed by atoms with Crippen LogP contribution in [-0.2, 0) is 10.9 Å². The van der Waals surface area contributed by atoms with Crippen LogP contribution in [0.15, 0.2) is 41.2 Å². The first-order valence-electron chi connectivity index (χ1n) is 12.5. The summed E-state index contributed by atoms with van der Waals surface area (Å²) in [5, 5.41) is 12.3. The van der Waals surface area contributed by atoms with Crippen molar-refractivity contribution in [1.29, 1.82) is 5.26 Å². The molecular formula is C27H23F4N5O4. The van der Waals surface area contributed by atoms with Gasteiger partial charge in [-0.3, -0.25) is 14.4 Å². The summed E-state index contributed by atoms with van der Waals surface area (Å²) in [6, 6.07) is 7.97. The molecule has 3 aromatic rings. The zero-order chi connectivity index (χ0) is 28.6. The largest absolute Gasteiger partial charge is 0.418 e. The molecule has 2 amide bonds. The van der Waals surface area contributed by atoms with Crippen molar-refractivity contribution >= 4 is 28.4 Å². The van der Waals surface area contributed by atoms with Crippen LogP contribution in [0.5, 0.6) is 0 Å². The number of alkyl halides is 3. The van der Waals surface area contributed by atoms with Crippen molar-refractivity contribution in [2.24, 2.45) is 0 Å². The number of pyridine rings is 1. The number of para-hydroxylation sites is 1. The molecule has 208 valence electrons. The van der Waals surface area contributed by atoms with E-state index in [4.69, 9.17) is 4.74 Å². The minimum Gasteiger partial charge on any atom is -0.378 e. The highest BCUT2D eigenvalue weighted by Crippen LogP contribution is 2.41.